The van der Waals surface area contributed by atoms with Crippen molar-refractivity contribution in [2.45, 2.75) is 45.4 Å². The first kappa shape index (κ1) is 20.7. The van der Waals surface area contributed by atoms with Gasteiger partial charge < -0.3 is 19.1 Å². The largest absolute Gasteiger partial charge is 0.598 e. The second-order valence-electron chi connectivity index (χ2n) is 8.10. The van der Waals surface area contributed by atoms with Crippen molar-refractivity contribution >= 4 is 17.3 Å². The molecule has 6 nitrogen and oxygen atoms in total. The number of hydrogen-bond donors (Lipinski definition) is 1. The van der Waals surface area contributed by atoms with Crippen molar-refractivity contribution in [2.75, 3.05) is 46.9 Å². The highest BCUT2D eigenvalue weighted by Crippen LogP contribution is 2.26. The lowest BCUT2D eigenvalue weighted by Crippen LogP contribution is -2.61. The van der Waals surface area contributed by atoms with Gasteiger partial charge in [-0.25, -0.2) is 0 Å². The van der Waals surface area contributed by atoms with E-state index < -0.39 is 22.2 Å². The lowest BCUT2D eigenvalue weighted by molar-refractivity contribution is -0.140. The van der Waals surface area contributed by atoms with E-state index in [4.69, 9.17) is 4.74 Å². The zero-order valence-corrected chi connectivity index (χ0v) is 16.5. The average molecular weight is 348 g/mol. The monoisotopic (exact) mass is 347 g/mol. The molecule has 0 aliphatic carbocycles. The highest BCUT2D eigenvalue weighted by Gasteiger charge is 2.43. The van der Waals surface area contributed by atoms with Crippen LogP contribution in [-0.4, -0.2) is 78.0 Å². The number of carbonyl (C=O) groups excluding carboxylic acids is 1. The summed E-state index contributed by atoms with van der Waals surface area (Å²) in [4.78, 5) is 16.9. The standard InChI is InChI=1S/C16H33N3O3S/c1-15(2,3)23(21)17-13(16(4,5)12-18(6)7)14(20)19-8-10-22-11-9-19/h13,17H,8-12H2,1-7H3/t13-,23-/m0/s1. The molecule has 0 saturated carbocycles. The molecule has 1 N–H and O–H groups in total. The van der Waals surface area contributed by atoms with Crippen LogP contribution >= 0.6 is 0 Å². The SMILES string of the molecule is CN(C)CC(C)(C)[C@@H](N[S@@+]([O-])C(C)(C)C)C(=O)N1CCOCC1. The van der Waals surface area contributed by atoms with Gasteiger partial charge in [-0.3, -0.25) is 4.79 Å². The quantitative estimate of drug-likeness (QED) is 0.722. The van der Waals surface area contributed by atoms with Crippen molar-refractivity contribution < 1.29 is 14.1 Å². The second kappa shape index (κ2) is 8.16. The minimum absolute atomic E-state index is 0.0118. The molecule has 1 fully saturated rings. The minimum Gasteiger partial charge on any atom is -0.598 e. The average Bonchev–Trinajstić information content (AvgIpc) is 2.42. The highest BCUT2D eigenvalue weighted by molar-refractivity contribution is 7.90. The van der Waals surface area contributed by atoms with Gasteiger partial charge in [-0.15, -0.1) is 4.72 Å². The predicted molar refractivity (Wildman–Crippen MR) is 94.6 cm³/mol. The van der Waals surface area contributed by atoms with E-state index in [1.54, 1.807) is 0 Å². The van der Waals surface area contributed by atoms with Crippen LogP contribution in [0.2, 0.25) is 0 Å². The fraction of sp³-hybridized carbons (Fsp3) is 0.938. The van der Waals surface area contributed by atoms with E-state index in [1.165, 1.54) is 0 Å². The normalized spacial score (nSPS) is 19.8. The summed E-state index contributed by atoms with van der Waals surface area (Å²) in [5.41, 5.74) is -0.347. The van der Waals surface area contributed by atoms with Crippen molar-refractivity contribution in [1.29, 1.82) is 0 Å². The number of carbonyl (C=O) groups is 1. The fourth-order valence-electron chi connectivity index (χ4n) is 2.70. The summed E-state index contributed by atoms with van der Waals surface area (Å²) < 4.78 is 20.6. The molecule has 1 saturated heterocycles. The molecule has 0 radical (unpaired) electrons. The Morgan fingerprint density at radius 1 is 1.26 bits per heavy atom. The number of nitrogens with zero attached hydrogens (tertiary/aromatic N) is 2. The molecule has 0 aromatic carbocycles. The number of rotatable bonds is 6. The molecule has 0 bridgehead atoms. The summed E-state index contributed by atoms with van der Waals surface area (Å²) in [7, 11) is 3.97. The van der Waals surface area contributed by atoms with Crippen LogP contribution in [0.4, 0.5) is 0 Å². The minimum atomic E-state index is -1.30. The van der Waals surface area contributed by atoms with Crippen molar-refractivity contribution in [3.63, 3.8) is 0 Å². The van der Waals surface area contributed by atoms with Gasteiger partial charge >= 0.3 is 0 Å². The molecule has 136 valence electrons. The smallest absolute Gasteiger partial charge is 0.245 e. The number of ether oxygens (including phenoxy) is 1. The van der Waals surface area contributed by atoms with Crippen LogP contribution in [0, 0.1) is 5.41 Å². The Hall–Kier alpha value is -0.340. The molecular formula is C16H33N3O3S. The lowest BCUT2D eigenvalue weighted by Gasteiger charge is -2.40. The Morgan fingerprint density at radius 2 is 1.78 bits per heavy atom. The van der Waals surface area contributed by atoms with E-state index in [9.17, 15) is 9.35 Å². The first-order valence-electron chi connectivity index (χ1n) is 8.14. The van der Waals surface area contributed by atoms with Crippen LogP contribution in [0.15, 0.2) is 0 Å². The van der Waals surface area contributed by atoms with Crippen LogP contribution in [0.25, 0.3) is 0 Å². The van der Waals surface area contributed by atoms with Crippen LogP contribution in [-0.2, 0) is 20.9 Å². The van der Waals surface area contributed by atoms with E-state index in [0.29, 0.717) is 26.3 Å². The Labute approximate surface area is 144 Å². The summed E-state index contributed by atoms with van der Waals surface area (Å²) >= 11 is -1.30. The van der Waals surface area contributed by atoms with Crippen molar-refractivity contribution in [2.24, 2.45) is 5.41 Å². The topological polar surface area (TPSA) is 67.9 Å². The molecule has 0 unspecified atom stereocenters. The first-order valence-corrected chi connectivity index (χ1v) is 9.29. The molecule has 1 heterocycles. The third-order valence-corrected chi connectivity index (χ3v) is 5.42. The summed E-state index contributed by atoms with van der Waals surface area (Å²) in [5.74, 6) is 0.0118. The third kappa shape index (κ3) is 6.23. The maximum Gasteiger partial charge on any atom is 0.245 e. The molecule has 1 amide bonds. The van der Waals surface area contributed by atoms with Gasteiger partial charge in [0.05, 0.1) is 13.2 Å². The molecule has 2 atom stereocenters. The number of hydrogen-bond acceptors (Lipinski definition) is 5. The molecule has 1 aliphatic rings. The molecule has 0 aromatic heterocycles. The van der Waals surface area contributed by atoms with Gasteiger partial charge in [0.1, 0.15) is 10.8 Å². The van der Waals surface area contributed by atoms with Gasteiger partial charge in [-0.05, 0) is 34.9 Å². The zero-order valence-electron chi connectivity index (χ0n) is 15.6. The third-order valence-electron chi connectivity index (χ3n) is 3.86. The lowest BCUT2D eigenvalue weighted by atomic mass is 9.83. The maximum atomic E-state index is 13.0. The van der Waals surface area contributed by atoms with Crippen LogP contribution in [0.3, 0.4) is 0 Å². The molecule has 7 heteroatoms. The van der Waals surface area contributed by atoms with Crippen molar-refractivity contribution in [3.05, 3.63) is 0 Å². The number of morpholine rings is 1. The second-order valence-corrected chi connectivity index (χ2v) is 10.1. The Bertz CT molecular complexity index is 391. The summed E-state index contributed by atoms with van der Waals surface area (Å²) in [6.07, 6.45) is 0. The number of amides is 1. The van der Waals surface area contributed by atoms with E-state index >= 15 is 0 Å². The van der Waals surface area contributed by atoms with E-state index in [1.807, 2.05) is 53.6 Å². The van der Waals surface area contributed by atoms with Crippen LogP contribution in [0.1, 0.15) is 34.6 Å². The Kier molecular flexibility index (Phi) is 7.35. The highest BCUT2D eigenvalue weighted by atomic mass is 32.2. The molecule has 23 heavy (non-hydrogen) atoms. The first-order chi connectivity index (χ1) is 10.4. The van der Waals surface area contributed by atoms with E-state index in [-0.39, 0.29) is 11.3 Å². The molecule has 0 aromatic rings. The van der Waals surface area contributed by atoms with Crippen molar-refractivity contribution in [3.8, 4) is 0 Å². The summed E-state index contributed by atoms with van der Waals surface area (Å²) in [6, 6.07) is -0.497. The molecule has 1 aliphatic heterocycles. The van der Waals surface area contributed by atoms with Gasteiger partial charge in [0, 0.05) is 36.4 Å². The fourth-order valence-corrected chi connectivity index (χ4v) is 3.69. The van der Waals surface area contributed by atoms with E-state index in [0.717, 1.165) is 6.54 Å². The summed E-state index contributed by atoms with van der Waals surface area (Å²) in [5, 5.41) is 0. The van der Waals surface area contributed by atoms with Gasteiger partial charge in [-0.1, -0.05) is 13.8 Å². The summed E-state index contributed by atoms with van der Waals surface area (Å²) in [6.45, 7) is 12.9. The zero-order chi connectivity index (χ0) is 17.8. The van der Waals surface area contributed by atoms with E-state index in [2.05, 4.69) is 9.62 Å². The van der Waals surface area contributed by atoms with Crippen molar-refractivity contribution in [1.82, 2.24) is 14.5 Å². The molecule has 0 spiro atoms. The molecule has 1 rings (SSSR count). The van der Waals surface area contributed by atoms with Gasteiger partial charge in [0.25, 0.3) is 0 Å². The van der Waals surface area contributed by atoms with Crippen LogP contribution < -0.4 is 4.72 Å². The Morgan fingerprint density at radius 3 is 2.22 bits per heavy atom. The van der Waals surface area contributed by atoms with Crippen LogP contribution in [0.5, 0.6) is 0 Å². The van der Waals surface area contributed by atoms with Gasteiger partial charge in [0.2, 0.25) is 5.91 Å². The molecular weight excluding hydrogens is 314 g/mol. The number of nitrogens with one attached hydrogen (secondary N) is 1. The van der Waals surface area contributed by atoms with Gasteiger partial charge in [-0.2, -0.15) is 0 Å². The predicted octanol–water partition coefficient (Wildman–Crippen LogP) is 0.853. The Balaban J connectivity index is 2.97. The maximum absolute atomic E-state index is 13.0. The van der Waals surface area contributed by atoms with Gasteiger partial charge in [0.15, 0.2) is 0 Å².